The first-order valence-electron chi connectivity index (χ1n) is 57.2. The van der Waals surface area contributed by atoms with E-state index in [-0.39, 0.29) is 50.8 Å². The van der Waals surface area contributed by atoms with E-state index in [2.05, 4.69) is 169 Å². The van der Waals surface area contributed by atoms with E-state index in [0.717, 1.165) is 261 Å². The van der Waals surface area contributed by atoms with E-state index >= 15 is 0 Å². The Hall–Kier alpha value is -11.7. The van der Waals surface area contributed by atoms with Crippen molar-refractivity contribution in [2.75, 3.05) is 27.2 Å². The number of pyridine rings is 8. The number of ether oxygens (including phenoxy) is 8. The van der Waals surface area contributed by atoms with Crippen molar-refractivity contribution < 1.29 is 37.9 Å². The molecule has 0 N–H and O–H groups in total. The number of rotatable bonds is 64. The molecule has 12 heterocycles. The molecule has 5 aliphatic rings. The van der Waals surface area contributed by atoms with Gasteiger partial charge in [0, 0.05) is 196 Å². The maximum atomic E-state index is 7.96. The zero-order valence-corrected chi connectivity index (χ0v) is 89.3. The van der Waals surface area contributed by atoms with Crippen molar-refractivity contribution in [1.29, 1.82) is 0 Å². The maximum Gasteiger partial charge on any atom is 0.230 e. The van der Waals surface area contributed by atoms with Gasteiger partial charge in [-0.3, -0.25) is 59.5 Å². The number of benzene rings is 4. The van der Waals surface area contributed by atoms with Crippen molar-refractivity contribution >= 4 is 0 Å². The van der Waals surface area contributed by atoms with E-state index in [4.69, 9.17) is 77.8 Å². The average Bonchev–Trinajstić information content (AvgIpc) is 0.715. The Morgan fingerprint density at radius 2 is 0.324 bits per heavy atom. The molecule has 0 saturated carbocycles. The molecule has 0 amide bonds. The van der Waals surface area contributed by atoms with Gasteiger partial charge in [0.25, 0.3) is 0 Å². The molecule has 784 valence electrons. The van der Waals surface area contributed by atoms with Crippen LogP contribution in [-0.4, -0.2) is 86.6 Å². The lowest BCUT2D eigenvalue weighted by atomic mass is 9.74. The van der Waals surface area contributed by atoms with Crippen LogP contribution in [0.25, 0.3) is 0 Å². The first-order valence-corrected chi connectivity index (χ1v) is 57.2. The second-order valence-corrected chi connectivity index (χ2v) is 42.2. The molecule has 4 aromatic carbocycles. The Balaban J connectivity index is 0.999. The summed E-state index contributed by atoms with van der Waals surface area (Å²) < 4.78 is 63.7. The molecular formula is C128H164N12O8. The van der Waals surface area contributed by atoms with E-state index in [9.17, 15) is 0 Å². The summed E-state index contributed by atoms with van der Waals surface area (Å²) in [6, 6.07) is 60.7. The molecule has 20 heteroatoms. The highest BCUT2D eigenvalue weighted by Gasteiger charge is 2.44. The van der Waals surface area contributed by atoms with E-state index in [1.807, 2.05) is 98.1 Å². The molecule has 148 heavy (non-hydrogen) atoms. The quantitative estimate of drug-likeness (QED) is 0.0327. The average molecular weight is 2000 g/mol. The molecule has 0 fully saturated rings. The number of hydrogen-bond acceptors (Lipinski definition) is 20. The summed E-state index contributed by atoms with van der Waals surface area (Å²) in [5, 5.41) is 0. The fraction of sp³-hybridized carbons (Fsp3) is 0.500. The molecule has 0 atom stereocenters. The van der Waals surface area contributed by atoms with Crippen molar-refractivity contribution in [2.24, 2.45) is 0 Å². The van der Waals surface area contributed by atoms with Gasteiger partial charge in [-0.1, -0.05) is 307 Å². The number of unbranched alkanes of at least 4 members (excludes halogenated alkanes) is 32. The monoisotopic (exact) mass is 2000 g/mol. The summed E-state index contributed by atoms with van der Waals surface area (Å²) in [4.78, 5) is 51.0. The normalized spacial score (nSPS) is 15.2. The van der Waals surface area contributed by atoms with E-state index in [0.29, 0.717) is 78.5 Å². The van der Waals surface area contributed by atoms with Crippen molar-refractivity contribution in [3.05, 3.63) is 332 Å². The molecule has 4 aliphatic heterocycles. The number of aromatic nitrogens is 8. The Morgan fingerprint density at radius 1 is 0.182 bits per heavy atom. The summed E-state index contributed by atoms with van der Waals surface area (Å²) in [5.41, 5.74) is 20.4. The van der Waals surface area contributed by atoms with E-state index < -0.39 is 0 Å². The van der Waals surface area contributed by atoms with Crippen LogP contribution >= 0.6 is 0 Å². The summed E-state index contributed by atoms with van der Waals surface area (Å²) in [7, 11) is 0. The van der Waals surface area contributed by atoms with Crippen LogP contribution in [0.2, 0.25) is 0 Å². The standard InChI is InChI=1S/C128H164N12O8/c1-5-9-13-17-21-25-29-33-37-65-105-109-77-111-106(66-38-34-30-26-22-18-14-10-6-2)113-79-115-108(68-40-36-32-28-24-20-16-12-8-4)116-80-114-107(67-39-35-31-27-23-19-15-11-7-3)112-78-110(105)122-118(90-138(83-99-59-43-51-71-131-99)84-100-60-44-52-72-132-100)124(112)144-95-146-126(114)120(92-140(87-103-63-47-55-75-135-103)88-104-64-48-56-76-136-104)128(116)148-96-147-127(115)119(91-139(85-101-61-45-53-73-133-101)86-102-62-46-54-74-134-102)125(113)145-94-143-123(111)117(121(109)141-93-142-122)89-137(81-97-57-41-49-69-129-97)82-98-58-42-50-70-130-98/h41-64,69-80,105-108H,5-40,65-68,81-96H2,1-4H3. The van der Waals surface area contributed by atoms with Gasteiger partial charge in [0.1, 0.15) is 46.0 Å². The van der Waals surface area contributed by atoms with Crippen molar-refractivity contribution in [3.8, 4) is 46.0 Å². The van der Waals surface area contributed by atoms with Crippen LogP contribution in [0, 0.1) is 0 Å². The SMILES string of the molecule is CCCCCCCCCCCC1c2cc3c4c(CN(Cc5ccccn5)Cc5ccccn5)c2OCOc2c1cc1c(c2CN(Cc2ccccn2)Cc2ccccn2)OCOc2c(cc5c(c2CN(Cc2ccccn2)Cc2ccccn2)OCOc2c(cc(c(c2CN(Cc2ccccn2)Cc2ccccn2)OCO4)C3CCCCCCCCCCC)C5CCCCCCCCCCC)C1CCCCCCCCCCC. The van der Waals surface area contributed by atoms with Crippen molar-refractivity contribution in [2.45, 2.75) is 387 Å². The van der Waals surface area contributed by atoms with Crippen LogP contribution in [0.5, 0.6) is 46.0 Å². The number of nitrogens with zero attached hydrogens (tertiary/aromatic N) is 12. The predicted molar refractivity (Wildman–Crippen MR) is 591 cm³/mol. The topological polar surface area (TPSA) is 190 Å². The summed E-state index contributed by atoms with van der Waals surface area (Å²) >= 11 is 0. The number of hydrogen-bond donors (Lipinski definition) is 0. The van der Waals surface area contributed by atoms with Crippen LogP contribution in [0.1, 0.15) is 421 Å². The second kappa shape index (κ2) is 58.5. The van der Waals surface area contributed by atoms with Gasteiger partial charge < -0.3 is 37.9 Å². The summed E-state index contributed by atoms with van der Waals surface area (Å²) in [6.07, 6.45) is 60.9. The smallest absolute Gasteiger partial charge is 0.230 e. The lowest BCUT2D eigenvalue weighted by Crippen LogP contribution is -2.30. The molecule has 0 saturated heterocycles. The molecule has 8 bridgehead atoms. The largest absolute Gasteiger partial charge is 0.457 e. The van der Waals surface area contributed by atoms with Crippen LogP contribution < -0.4 is 37.9 Å². The highest BCUT2D eigenvalue weighted by Crippen LogP contribution is 2.60. The fourth-order valence-electron chi connectivity index (χ4n) is 23.5. The Labute approximate surface area is 883 Å². The van der Waals surface area contributed by atoms with Gasteiger partial charge >= 0.3 is 0 Å². The Kier molecular flexibility index (Phi) is 42.5. The fourth-order valence-corrected chi connectivity index (χ4v) is 23.5. The minimum absolute atomic E-state index is 0.127. The summed E-state index contributed by atoms with van der Waals surface area (Å²) in [6.45, 7) is 14.5. The first kappa shape index (κ1) is 108. The third kappa shape index (κ3) is 30.4. The Bertz CT molecular complexity index is 4910. The zero-order valence-electron chi connectivity index (χ0n) is 89.3. The molecule has 0 radical (unpaired) electrons. The van der Waals surface area contributed by atoms with Crippen LogP contribution in [0.4, 0.5) is 0 Å². The molecule has 8 aromatic heterocycles. The van der Waals surface area contributed by atoms with Crippen molar-refractivity contribution in [3.63, 3.8) is 0 Å². The zero-order chi connectivity index (χ0) is 101. The lowest BCUT2D eigenvalue weighted by Gasteiger charge is -2.39. The molecular weight excluding hydrogens is 1830 g/mol. The molecule has 0 spiro atoms. The van der Waals surface area contributed by atoms with E-state index in [1.54, 1.807) is 0 Å². The van der Waals surface area contributed by atoms with Crippen LogP contribution in [0.3, 0.4) is 0 Å². The molecule has 1 aliphatic carbocycles. The minimum atomic E-state index is -0.325. The maximum absolute atomic E-state index is 7.96. The molecule has 12 aromatic rings. The van der Waals surface area contributed by atoms with Crippen LogP contribution in [-0.2, 0) is 78.5 Å². The lowest BCUT2D eigenvalue weighted by molar-refractivity contribution is 0.0887. The third-order valence-electron chi connectivity index (χ3n) is 31.0. The van der Waals surface area contributed by atoms with Gasteiger partial charge in [0.05, 0.1) is 67.8 Å². The molecule has 20 nitrogen and oxygen atoms in total. The second-order valence-electron chi connectivity index (χ2n) is 42.2. The molecule has 17 rings (SSSR count). The van der Waals surface area contributed by atoms with Crippen molar-refractivity contribution in [1.82, 2.24) is 59.5 Å². The van der Waals surface area contributed by atoms with Gasteiger partial charge in [-0.2, -0.15) is 0 Å². The summed E-state index contributed by atoms with van der Waals surface area (Å²) in [5.74, 6) is 4.91. The highest BCUT2D eigenvalue weighted by molar-refractivity contribution is 5.70. The predicted octanol–water partition coefficient (Wildman–Crippen LogP) is 31.1. The first-order chi connectivity index (χ1) is 73.3. The van der Waals surface area contributed by atoms with Gasteiger partial charge in [0.15, 0.2) is 0 Å². The van der Waals surface area contributed by atoms with Gasteiger partial charge in [-0.15, -0.1) is 0 Å². The van der Waals surface area contributed by atoms with E-state index in [1.165, 1.54) is 154 Å². The van der Waals surface area contributed by atoms with Gasteiger partial charge in [-0.25, -0.2) is 0 Å². The van der Waals surface area contributed by atoms with Gasteiger partial charge in [-0.05, 0) is 147 Å². The minimum Gasteiger partial charge on any atom is -0.457 e. The van der Waals surface area contributed by atoms with Crippen LogP contribution in [0.15, 0.2) is 219 Å². The Morgan fingerprint density at radius 3 is 0.459 bits per heavy atom. The highest BCUT2D eigenvalue weighted by atomic mass is 16.7. The molecule has 0 unspecified atom stereocenters. The van der Waals surface area contributed by atoms with Gasteiger partial charge in [0.2, 0.25) is 27.2 Å². The third-order valence-corrected chi connectivity index (χ3v) is 31.0.